The van der Waals surface area contributed by atoms with E-state index in [1.807, 2.05) is 13.0 Å². The lowest BCUT2D eigenvalue weighted by molar-refractivity contribution is 0.1000. The van der Waals surface area contributed by atoms with E-state index in [9.17, 15) is 4.79 Å². The number of nitrogens with zero attached hydrogens (tertiary/aromatic N) is 2. The number of carbonyl (C=O) groups excluding carboxylic acids is 1. The Kier molecular flexibility index (Phi) is 3.46. The van der Waals surface area contributed by atoms with Gasteiger partial charge in [-0.2, -0.15) is 4.98 Å². The van der Waals surface area contributed by atoms with Gasteiger partial charge in [0.1, 0.15) is 17.3 Å². The predicted molar refractivity (Wildman–Crippen MR) is 88.1 cm³/mol. The average Bonchev–Trinajstić information content (AvgIpc) is 2.49. The number of aryl methyl sites for hydroxylation is 1. The summed E-state index contributed by atoms with van der Waals surface area (Å²) in [6.45, 7) is 1.88. The Labute approximate surface area is 132 Å². The Balaban J connectivity index is 2.05. The van der Waals surface area contributed by atoms with Crippen molar-refractivity contribution >= 4 is 28.6 Å². The smallest absolute Gasteiger partial charge is 0.248 e. The van der Waals surface area contributed by atoms with Crippen LogP contribution in [-0.4, -0.2) is 15.9 Å². The molecule has 0 radical (unpaired) electrons. The van der Waals surface area contributed by atoms with E-state index < -0.39 is 5.91 Å². The SMILES string of the molecule is Cc1cc2c(N)nc(N)nc2cc1Oc1cccc(C(N)=O)c1. The maximum absolute atomic E-state index is 11.2. The highest BCUT2D eigenvalue weighted by atomic mass is 16.5. The Morgan fingerprint density at radius 3 is 2.65 bits per heavy atom. The molecule has 23 heavy (non-hydrogen) atoms. The second-order valence-electron chi connectivity index (χ2n) is 5.10. The molecule has 3 rings (SSSR count). The highest BCUT2D eigenvalue weighted by Gasteiger charge is 2.10. The lowest BCUT2D eigenvalue weighted by atomic mass is 10.1. The van der Waals surface area contributed by atoms with Crippen molar-refractivity contribution in [3.63, 3.8) is 0 Å². The minimum atomic E-state index is -0.515. The molecular weight excluding hydrogens is 294 g/mol. The van der Waals surface area contributed by atoms with Crippen LogP contribution >= 0.6 is 0 Å². The Morgan fingerprint density at radius 1 is 1.13 bits per heavy atom. The van der Waals surface area contributed by atoms with E-state index in [0.29, 0.717) is 33.8 Å². The number of nitrogens with two attached hydrogens (primary N) is 3. The molecule has 0 saturated carbocycles. The zero-order valence-electron chi connectivity index (χ0n) is 12.4. The van der Waals surface area contributed by atoms with Gasteiger partial charge in [-0.15, -0.1) is 0 Å². The van der Waals surface area contributed by atoms with Crippen LogP contribution in [0.5, 0.6) is 11.5 Å². The second-order valence-corrected chi connectivity index (χ2v) is 5.10. The average molecular weight is 309 g/mol. The van der Waals surface area contributed by atoms with Gasteiger partial charge in [0.2, 0.25) is 11.9 Å². The lowest BCUT2D eigenvalue weighted by Crippen LogP contribution is -2.10. The van der Waals surface area contributed by atoms with Crippen molar-refractivity contribution in [1.82, 2.24) is 9.97 Å². The fraction of sp³-hybridized carbons (Fsp3) is 0.0625. The minimum absolute atomic E-state index is 0.0977. The molecule has 3 aromatic rings. The van der Waals surface area contributed by atoms with Gasteiger partial charge >= 0.3 is 0 Å². The number of aromatic nitrogens is 2. The number of primary amides is 1. The van der Waals surface area contributed by atoms with Crippen LogP contribution in [0, 0.1) is 6.92 Å². The molecule has 2 aromatic carbocycles. The van der Waals surface area contributed by atoms with Crippen LogP contribution in [0.1, 0.15) is 15.9 Å². The molecule has 0 spiro atoms. The molecule has 0 aliphatic carbocycles. The summed E-state index contributed by atoms with van der Waals surface area (Å²) in [6.07, 6.45) is 0. The molecule has 0 bridgehead atoms. The molecular formula is C16H15N5O2. The Hall–Kier alpha value is -3.35. The molecule has 1 amide bonds. The molecule has 7 nitrogen and oxygen atoms in total. The molecule has 1 aromatic heterocycles. The summed E-state index contributed by atoms with van der Waals surface area (Å²) in [7, 11) is 0. The standard InChI is InChI=1S/C16H15N5O2/c1-8-5-11-12(20-16(19)21-14(11)17)7-13(8)23-10-4-2-3-9(6-10)15(18)22/h2-7H,1H3,(H2,18,22)(H4,17,19,20,21). The summed E-state index contributed by atoms with van der Waals surface area (Å²) in [4.78, 5) is 19.3. The van der Waals surface area contributed by atoms with Crippen LogP contribution in [0.4, 0.5) is 11.8 Å². The highest BCUT2D eigenvalue weighted by molar-refractivity contribution is 5.93. The molecule has 0 saturated heterocycles. The van der Waals surface area contributed by atoms with Gasteiger partial charge in [0.05, 0.1) is 5.52 Å². The largest absolute Gasteiger partial charge is 0.457 e. The summed E-state index contributed by atoms with van der Waals surface area (Å²) >= 11 is 0. The number of ether oxygens (including phenoxy) is 1. The van der Waals surface area contributed by atoms with Crippen molar-refractivity contribution < 1.29 is 9.53 Å². The third kappa shape index (κ3) is 2.84. The summed E-state index contributed by atoms with van der Waals surface area (Å²) in [6, 6.07) is 10.2. The predicted octanol–water partition coefficient (Wildman–Crippen LogP) is 1.99. The monoisotopic (exact) mass is 309 g/mol. The number of anilines is 2. The van der Waals surface area contributed by atoms with Crippen molar-refractivity contribution in [3.05, 3.63) is 47.5 Å². The van der Waals surface area contributed by atoms with Gasteiger partial charge in [-0.1, -0.05) is 6.07 Å². The van der Waals surface area contributed by atoms with Crippen LogP contribution in [0.25, 0.3) is 10.9 Å². The zero-order chi connectivity index (χ0) is 16.6. The van der Waals surface area contributed by atoms with Gasteiger partial charge in [-0.05, 0) is 36.8 Å². The van der Waals surface area contributed by atoms with Gasteiger partial charge in [-0.25, -0.2) is 4.98 Å². The maximum Gasteiger partial charge on any atom is 0.248 e. The summed E-state index contributed by atoms with van der Waals surface area (Å²) in [5.74, 6) is 0.979. The van der Waals surface area contributed by atoms with E-state index in [-0.39, 0.29) is 5.95 Å². The quantitative estimate of drug-likeness (QED) is 0.678. The van der Waals surface area contributed by atoms with Crippen LogP contribution in [-0.2, 0) is 0 Å². The van der Waals surface area contributed by atoms with Crippen LogP contribution in [0.3, 0.4) is 0 Å². The maximum atomic E-state index is 11.2. The van der Waals surface area contributed by atoms with Crippen molar-refractivity contribution in [3.8, 4) is 11.5 Å². The summed E-state index contributed by atoms with van der Waals surface area (Å²) < 4.78 is 5.84. The van der Waals surface area contributed by atoms with Gasteiger partial charge in [0.25, 0.3) is 0 Å². The molecule has 0 unspecified atom stereocenters. The lowest BCUT2D eigenvalue weighted by Gasteiger charge is -2.11. The fourth-order valence-corrected chi connectivity index (χ4v) is 2.26. The number of nitrogen functional groups attached to an aromatic ring is 2. The van der Waals surface area contributed by atoms with E-state index in [0.717, 1.165) is 5.56 Å². The minimum Gasteiger partial charge on any atom is -0.457 e. The van der Waals surface area contributed by atoms with E-state index in [1.54, 1.807) is 30.3 Å². The molecule has 0 fully saturated rings. The first-order valence-electron chi connectivity index (χ1n) is 6.85. The van der Waals surface area contributed by atoms with Gasteiger partial charge in [0, 0.05) is 17.0 Å². The molecule has 0 atom stereocenters. The van der Waals surface area contributed by atoms with Crippen molar-refractivity contribution in [2.24, 2.45) is 5.73 Å². The van der Waals surface area contributed by atoms with E-state index in [4.69, 9.17) is 21.9 Å². The molecule has 116 valence electrons. The highest BCUT2D eigenvalue weighted by Crippen LogP contribution is 2.31. The first-order chi connectivity index (χ1) is 10.9. The van der Waals surface area contributed by atoms with Gasteiger partial charge in [-0.3, -0.25) is 4.79 Å². The first-order valence-corrected chi connectivity index (χ1v) is 6.85. The number of benzene rings is 2. The van der Waals surface area contributed by atoms with Crippen LogP contribution in [0.15, 0.2) is 36.4 Å². The topological polar surface area (TPSA) is 130 Å². The zero-order valence-corrected chi connectivity index (χ0v) is 12.4. The molecule has 6 N–H and O–H groups in total. The number of fused-ring (bicyclic) bond motifs is 1. The summed E-state index contributed by atoms with van der Waals surface area (Å²) in [5, 5.41) is 0.704. The van der Waals surface area contributed by atoms with E-state index in [2.05, 4.69) is 9.97 Å². The Bertz CT molecular complexity index is 924. The fourth-order valence-electron chi connectivity index (χ4n) is 2.26. The van der Waals surface area contributed by atoms with Gasteiger partial charge in [0.15, 0.2) is 0 Å². The van der Waals surface area contributed by atoms with Crippen molar-refractivity contribution in [2.45, 2.75) is 6.92 Å². The van der Waals surface area contributed by atoms with Gasteiger partial charge < -0.3 is 21.9 Å². The summed E-state index contributed by atoms with van der Waals surface area (Å²) in [5.41, 5.74) is 18.6. The third-order valence-electron chi connectivity index (χ3n) is 3.39. The number of amides is 1. The molecule has 0 aliphatic heterocycles. The van der Waals surface area contributed by atoms with Crippen molar-refractivity contribution in [2.75, 3.05) is 11.5 Å². The Morgan fingerprint density at radius 2 is 1.91 bits per heavy atom. The van der Waals surface area contributed by atoms with E-state index >= 15 is 0 Å². The molecule has 7 heteroatoms. The van der Waals surface area contributed by atoms with E-state index in [1.165, 1.54) is 0 Å². The van der Waals surface area contributed by atoms with Crippen molar-refractivity contribution in [1.29, 1.82) is 0 Å². The molecule has 0 aliphatic rings. The van der Waals surface area contributed by atoms with Crippen LogP contribution < -0.4 is 21.9 Å². The first kappa shape index (κ1) is 14.6. The second kappa shape index (κ2) is 5.45. The van der Waals surface area contributed by atoms with Crippen LogP contribution in [0.2, 0.25) is 0 Å². The number of hydrogen-bond acceptors (Lipinski definition) is 6. The molecule has 1 heterocycles. The third-order valence-corrected chi connectivity index (χ3v) is 3.39. The number of rotatable bonds is 3. The number of hydrogen-bond donors (Lipinski definition) is 3. The number of carbonyl (C=O) groups is 1. The normalized spacial score (nSPS) is 10.7.